The van der Waals surface area contributed by atoms with Gasteiger partial charge in [0.2, 0.25) is 0 Å². The number of pyridine rings is 1. The Morgan fingerprint density at radius 3 is 2.35 bits per heavy atom. The number of alkyl halides is 5. The van der Waals surface area contributed by atoms with E-state index in [0.29, 0.717) is 12.1 Å². The summed E-state index contributed by atoms with van der Waals surface area (Å²) in [5, 5.41) is 0. The third-order valence-electron chi connectivity index (χ3n) is 3.91. The quantitative estimate of drug-likeness (QED) is 0.725. The number of nitrogens with zero attached hydrogens (tertiary/aromatic N) is 1. The van der Waals surface area contributed by atoms with Crippen LogP contribution in [0.4, 0.5) is 22.0 Å². The number of aromatic nitrogens is 1. The molecule has 0 amide bonds. The van der Waals surface area contributed by atoms with Gasteiger partial charge in [-0.3, -0.25) is 9.36 Å². The lowest BCUT2D eigenvalue weighted by atomic mass is 9.95. The normalized spacial score (nSPS) is 16.5. The first-order valence-electron chi connectivity index (χ1n) is 7.62. The second-order valence-electron chi connectivity index (χ2n) is 6.43. The molecule has 1 aromatic carbocycles. The van der Waals surface area contributed by atoms with Crippen LogP contribution in [0.3, 0.4) is 0 Å². The Morgan fingerprint density at radius 2 is 1.73 bits per heavy atom. The van der Waals surface area contributed by atoms with Gasteiger partial charge in [-0.1, -0.05) is 6.07 Å². The fourth-order valence-corrected chi connectivity index (χ4v) is 2.72. The van der Waals surface area contributed by atoms with Gasteiger partial charge in [-0.05, 0) is 44.2 Å². The minimum Gasteiger partial charge on any atom is -0.483 e. The molecule has 3 rings (SSSR count). The highest BCUT2D eigenvalue weighted by atomic mass is 19.4. The Hall–Kier alpha value is -2.64. The van der Waals surface area contributed by atoms with Crippen molar-refractivity contribution in [3.63, 3.8) is 0 Å². The molecule has 2 aromatic rings. The van der Waals surface area contributed by atoms with Crippen molar-refractivity contribution in [2.24, 2.45) is 0 Å². The van der Waals surface area contributed by atoms with Gasteiger partial charge in [0.1, 0.15) is 11.4 Å². The predicted octanol–water partition coefficient (Wildman–Crippen LogP) is 4.56. The highest BCUT2D eigenvalue weighted by molar-refractivity contribution is 5.74. The van der Waals surface area contributed by atoms with E-state index in [1.165, 1.54) is 29.0 Å². The van der Waals surface area contributed by atoms with Crippen LogP contribution >= 0.6 is 0 Å². The SMILES string of the molecule is CC1(C)C=C(n2ccccc2=O)c2cc(C(F)(F)C(F)(F)F)ccc2O1. The molecule has 0 atom stereocenters. The molecule has 0 saturated carbocycles. The average Bonchev–Trinajstić information content (AvgIpc) is 2.52. The van der Waals surface area contributed by atoms with Crippen molar-refractivity contribution in [1.82, 2.24) is 4.57 Å². The van der Waals surface area contributed by atoms with E-state index in [0.717, 1.165) is 6.07 Å². The summed E-state index contributed by atoms with van der Waals surface area (Å²) >= 11 is 0. The van der Waals surface area contributed by atoms with Crippen LogP contribution in [0.1, 0.15) is 25.0 Å². The minimum absolute atomic E-state index is 0.0148. The van der Waals surface area contributed by atoms with E-state index in [9.17, 15) is 26.7 Å². The Morgan fingerprint density at radius 1 is 1.04 bits per heavy atom. The van der Waals surface area contributed by atoms with Crippen molar-refractivity contribution >= 4 is 5.70 Å². The molecule has 0 spiro atoms. The molecular weight excluding hydrogens is 357 g/mol. The summed E-state index contributed by atoms with van der Waals surface area (Å²) in [5.41, 5.74) is -2.39. The molecule has 1 aliphatic heterocycles. The average molecular weight is 371 g/mol. The Bertz CT molecular complexity index is 941. The first-order chi connectivity index (χ1) is 11.9. The molecule has 1 aliphatic rings. The monoisotopic (exact) mass is 371 g/mol. The van der Waals surface area contributed by atoms with E-state index >= 15 is 0 Å². The maximum atomic E-state index is 13.7. The van der Waals surface area contributed by atoms with E-state index in [1.807, 2.05) is 0 Å². The summed E-state index contributed by atoms with van der Waals surface area (Å²) in [6.07, 6.45) is -2.82. The second-order valence-corrected chi connectivity index (χ2v) is 6.43. The van der Waals surface area contributed by atoms with Gasteiger partial charge >= 0.3 is 12.1 Å². The number of rotatable bonds is 2. The van der Waals surface area contributed by atoms with Gasteiger partial charge in [0.15, 0.2) is 0 Å². The fraction of sp³-hybridized carbons (Fsp3) is 0.278. The van der Waals surface area contributed by atoms with Crippen LogP contribution in [0.5, 0.6) is 5.75 Å². The van der Waals surface area contributed by atoms with Crippen LogP contribution in [0.15, 0.2) is 53.5 Å². The number of benzene rings is 1. The lowest BCUT2D eigenvalue weighted by molar-refractivity contribution is -0.289. The Balaban J connectivity index is 2.24. The molecule has 0 unspecified atom stereocenters. The zero-order chi connectivity index (χ0) is 19.3. The number of ether oxygens (including phenoxy) is 1. The molecular formula is C18H14F5NO2. The first kappa shape index (κ1) is 18.2. The van der Waals surface area contributed by atoms with Crippen LogP contribution in [0, 0.1) is 0 Å². The molecule has 26 heavy (non-hydrogen) atoms. The van der Waals surface area contributed by atoms with Gasteiger partial charge in [-0.25, -0.2) is 0 Å². The summed E-state index contributed by atoms with van der Waals surface area (Å²) in [7, 11) is 0. The summed E-state index contributed by atoms with van der Waals surface area (Å²) in [4.78, 5) is 12.1. The predicted molar refractivity (Wildman–Crippen MR) is 85.2 cm³/mol. The number of hydrogen-bond acceptors (Lipinski definition) is 2. The summed E-state index contributed by atoms with van der Waals surface area (Å²) in [6.45, 7) is 3.37. The summed E-state index contributed by atoms with van der Waals surface area (Å²) in [6, 6.07) is 6.77. The van der Waals surface area contributed by atoms with Crippen LogP contribution < -0.4 is 10.3 Å². The zero-order valence-electron chi connectivity index (χ0n) is 13.8. The van der Waals surface area contributed by atoms with Crippen LogP contribution in [-0.4, -0.2) is 16.3 Å². The molecule has 2 heterocycles. The van der Waals surface area contributed by atoms with Gasteiger partial charge in [0.05, 0.1) is 5.70 Å². The van der Waals surface area contributed by atoms with E-state index in [4.69, 9.17) is 4.74 Å². The van der Waals surface area contributed by atoms with Gasteiger partial charge in [-0.2, -0.15) is 22.0 Å². The molecule has 0 radical (unpaired) electrons. The lowest BCUT2D eigenvalue weighted by Crippen LogP contribution is -2.35. The number of hydrogen-bond donors (Lipinski definition) is 0. The number of halogens is 5. The fourth-order valence-electron chi connectivity index (χ4n) is 2.72. The molecule has 0 fully saturated rings. The Labute approximate surface area is 145 Å². The van der Waals surface area contributed by atoms with Gasteiger partial charge in [-0.15, -0.1) is 0 Å². The molecule has 0 aliphatic carbocycles. The smallest absolute Gasteiger partial charge is 0.458 e. The molecule has 0 saturated heterocycles. The van der Waals surface area contributed by atoms with E-state index < -0.39 is 28.8 Å². The standard InChI is InChI=1S/C18H14F5NO2/c1-16(2)10-13(24-8-4-3-5-15(24)25)12-9-11(6-7-14(12)26-16)17(19,20)18(21,22)23/h3-10H,1-2H3. The van der Waals surface area contributed by atoms with Crippen LogP contribution in [-0.2, 0) is 5.92 Å². The first-order valence-corrected chi connectivity index (χ1v) is 7.62. The molecule has 3 nitrogen and oxygen atoms in total. The number of fused-ring (bicyclic) bond motifs is 1. The minimum atomic E-state index is -5.73. The van der Waals surface area contributed by atoms with Crippen molar-refractivity contribution in [2.75, 3.05) is 0 Å². The highest BCUT2D eigenvalue weighted by Gasteiger charge is 2.58. The van der Waals surface area contributed by atoms with Crippen LogP contribution in [0.25, 0.3) is 5.70 Å². The molecule has 0 bridgehead atoms. The third-order valence-corrected chi connectivity index (χ3v) is 3.91. The molecule has 0 N–H and O–H groups in total. The van der Waals surface area contributed by atoms with Crippen molar-refractivity contribution in [1.29, 1.82) is 0 Å². The maximum absolute atomic E-state index is 13.7. The molecule has 138 valence electrons. The third kappa shape index (κ3) is 3.00. The largest absolute Gasteiger partial charge is 0.483 e. The van der Waals surface area contributed by atoms with Gasteiger partial charge in [0, 0.05) is 23.4 Å². The molecule has 1 aromatic heterocycles. The maximum Gasteiger partial charge on any atom is 0.458 e. The van der Waals surface area contributed by atoms with E-state index in [1.54, 1.807) is 19.9 Å². The van der Waals surface area contributed by atoms with Crippen molar-refractivity contribution in [3.05, 3.63) is 70.2 Å². The van der Waals surface area contributed by atoms with Crippen molar-refractivity contribution in [3.8, 4) is 5.75 Å². The topological polar surface area (TPSA) is 31.2 Å². The Kier molecular flexibility index (Phi) is 3.97. The van der Waals surface area contributed by atoms with Gasteiger partial charge in [0.25, 0.3) is 5.56 Å². The molecule has 8 heteroatoms. The van der Waals surface area contributed by atoms with E-state index in [2.05, 4.69) is 0 Å². The van der Waals surface area contributed by atoms with Crippen LogP contribution in [0.2, 0.25) is 0 Å². The summed E-state index contributed by atoms with van der Waals surface area (Å²) < 4.78 is 72.4. The summed E-state index contributed by atoms with van der Waals surface area (Å²) in [5.74, 6) is -4.91. The van der Waals surface area contributed by atoms with Crippen molar-refractivity contribution in [2.45, 2.75) is 31.5 Å². The van der Waals surface area contributed by atoms with Crippen molar-refractivity contribution < 1.29 is 26.7 Å². The van der Waals surface area contributed by atoms with Gasteiger partial charge < -0.3 is 4.74 Å². The zero-order valence-corrected chi connectivity index (χ0v) is 13.8. The lowest BCUT2D eigenvalue weighted by Gasteiger charge is -2.32. The second kappa shape index (κ2) is 5.69. The highest BCUT2D eigenvalue weighted by Crippen LogP contribution is 2.46. The van der Waals surface area contributed by atoms with E-state index in [-0.39, 0.29) is 17.0 Å².